The second kappa shape index (κ2) is 12.5. The Balaban J connectivity index is 1.70. The van der Waals surface area contributed by atoms with Crippen LogP contribution < -0.4 is 0 Å². The Kier molecular flexibility index (Phi) is 9.07. The van der Waals surface area contributed by atoms with E-state index in [1.807, 2.05) is 0 Å². The van der Waals surface area contributed by atoms with Crippen molar-refractivity contribution < 1.29 is 33.7 Å². The van der Waals surface area contributed by atoms with Crippen LogP contribution >= 0.6 is 0 Å². The lowest BCUT2D eigenvalue weighted by molar-refractivity contribution is 0.467. The largest absolute Gasteiger partial charge is 0.433 e. The molecule has 0 bridgehead atoms. The van der Waals surface area contributed by atoms with E-state index < -0.39 is 75.0 Å². The topological polar surface area (TPSA) is 150 Å². The van der Waals surface area contributed by atoms with E-state index in [1.165, 1.54) is 48.5 Å². The van der Waals surface area contributed by atoms with Crippen molar-refractivity contribution in [1.29, 1.82) is 0 Å². The molecule has 0 aliphatic carbocycles. The van der Waals surface area contributed by atoms with Crippen LogP contribution in [0.3, 0.4) is 0 Å². The molecule has 2 saturated heterocycles. The van der Waals surface area contributed by atoms with Gasteiger partial charge in [-0.1, -0.05) is 70.8 Å². The van der Waals surface area contributed by atoms with Crippen molar-refractivity contribution in [2.75, 3.05) is 26.2 Å². The van der Waals surface area contributed by atoms with Crippen molar-refractivity contribution in [3.63, 3.8) is 0 Å². The second-order valence-corrected chi connectivity index (χ2v) is 24.3. The molecule has 2 heterocycles. The Morgan fingerprint density at radius 3 is 0.673 bits per heavy atom. The molecule has 0 aromatic heterocycles. The van der Waals surface area contributed by atoms with Crippen LogP contribution in [0.4, 0.5) is 0 Å². The molecule has 260 valence electrons. The van der Waals surface area contributed by atoms with Crippen LogP contribution in [0.1, 0.15) is 22.3 Å². The molecule has 0 radical (unpaired) electrons. The van der Waals surface area contributed by atoms with Gasteiger partial charge in [0.05, 0.1) is 19.6 Å². The summed E-state index contributed by atoms with van der Waals surface area (Å²) in [6.45, 7) is 5.09. The van der Waals surface area contributed by atoms with Crippen LogP contribution in [-0.2, 0) is 40.1 Å². The first-order valence-electron chi connectivity index (χ1n) is 15.3. The molecule has 0 saturated carbocycles. The highest BCUT2D eigenvalue weighted by Gasteiger charge is 2.75. The minimum Gasteiger partial charge on any atom is -0.207 e. The van der Waals surface area contributed by atoms with Gasteiger partial charge in [0.25, 0.3) is 0 Å². The van der Waals surface area contributed by atoms with E-state index in [0.717, 1.165) is 38.1 Å². The maximum absolute atomic E-state index is 14.8. The number of sulfonamides is 4. The van der Waals surface area contributed by atoms with E-state index in [-0.39, 0.29) is 19.6 Å². The molecule has 2 aliphatic heterocycles. The summed E-state index contributed by atoms with van der Waals surface area (Å²) in [5.74, 6) is 0. The first kappa shape index (κ1) is 35.6. The van der Waals surface area contributed by atoms with Gasteiger partial charge >= 0.3 is 8.72 Å². The highest BCUT2D eigenvalue weighted by Crippen LogP contribution is 2.45. The molecule has 0 N–H and O–H groups in total. The first-order chi connectivity index (χ1) is 22.9. The zero-order valence-electron chi connectivity index (χ0n) is 27.3. The molecule has 49 heavy (non-hydrogen) atoms. The summed E-state index contributed by atoms with van der Waals surface area (Å²) in [6, 6.07) is 23.3. The average Bonchev–Trinajstić information content (AvgIpc) is 3.65. The van der Waals surface area contributed by atoms with E-state index in [9.17, 15) is 33.7 Å². The number of rotatable bonds is 8. The monoisotopic (exact) mass is 760 g/mol. The zero-order chi connectivity index (χ0) is 35.6. The molecule has 12 nitrogen and oxygen atoms in total. The van der Waals surface area contributed by atoms with Gasteiger partial charge in [0.2, 0.25) is 40.1 Å². The summed E-state index contributed by atoms with van der Waals surface area (Å²) in [6.07, 6.45) is 0. The molecular formula is C32H36N4O8S4Si. The smallest absolute Gasteiger partial charge is 0.207 e. The fourth-order valence-electron chi connectivity index (χ4n) is 6.19. The summed E-state index contributed by atoms with van der Waals surface area (Å²) in [7, 11) is -24.2. The standard InChI is InChI=1S/C32H36N4O8S4Si/c1-25-5-13-29(14-6-25)45(37,38)33-21-22-34(46(39,40)30-15-7-26(2)8-16-30)49(33)35(47(41,42)31-17-9-27(3)10-18-31)23-24-36(49)48(43,44)32-19-11-28(4)12-20-32/h5-20H,21-24H2,1-4H3. The van der Waals surface area contributed by atoms with Crippen molar-refractivity contribution >= 4 is 48.8 Å². The Morgan fingerprint density at radius 1 is 0.347 bits per heavy atom. The number of hydrogen-bond acceptors (Lipinski definition) is 8. The van der Waals surface area contributed by atoms with Crippen LogP contribution in [0, 0.1) is 27.7 Å². The molecule has 1 spiro atoms. The normalized spacial score (nSPS) is 18.4. The van der Waals surface area contributed by atoms with Crippen LogP contribution in [0.15, 0.2) is 117 Å². The number of aryl methyl sites for hydroxylation is 4. The third-order valence-electron chi connectivity index (χ3n) is 8.79. The maximum atomic E-state index is 14.8. The van der Waals surface area contributed by atoms with Crippen molar-refractivity contribution in [3.8, 4) is 0 Å². The molecule has 2 aliphatic rings. The van der Waals surface area contributed by atoms with Gasteiger partial charge in [0.15, 0.2) is 0 Å². The minimum atomic E-state index is -5.33. The lowest BCUT2D eigenvalue weighted by Gasteiger charge is -2.44. The Hall–Kier alpha value is -3.26. The maximum Gasteiger partial charge on any atom is 0.433 e. The molecule has 4 aromatic rings. The lowest BCUT2D eigenvalue weighted by Crippen LogP contribution is -2.78. The molecule has 0 amide bonds. The van der Waals surface area contributed by atoms with Crippen molar-refractivity contribution in [2.45, 2.75) is 47.3 Å². The van der Waals surface area contributed by atoms with Gasteiger partial charge in [-0.25, -0.2) is 33.7 Å². The molecule has 0 atom stereocenters. The zero-order valence-corrected chi connectivity index (χ0v) is 31.5. The summed E-state index contributed by atoms with van der Waals surface area (Å²) < 4.78 is 121. The third-order valence-corrected chi connectivity index (χ3v) is 24.7. The van der Waals surface area contributed by atoms with Gasteiger partial charge in [-0.15, -0.1) is 0 Å². The fraction of sp³-hybridized carbons (Fsp3) is 0.250. The van der Waals surface area contributed by atoms with Gasteiger partial charge in [-0.3, -0.25) is 0 Å². The molecule has 2 fully saturated rings. The molecular weight excluding hydrogens is 725 g/mol. The number of benzene rings is 4. The van der Waals surface area contributed by atoms with Gasteiger partial charge in [-0.2, -0.15) is 15.9 Å². The SMILES string of the molecule is Cc1ccc(S(=O)(=O)N2CCN(S(=O)(=O)c3ccc(C)cc3)[Si]23N(S(=O)(=O)c2ccc(C)cc2)CCN3S(=O)(=O)c2ccc(C)cc2)cc1. The van der Waals surface area contributed by atoms with Crippen LogP contribution in [0.25, 0.3) is 0 Å². The summed E-state index contributed by atoms with van der Waals surface area (Å²) >= 11 is 0. The average molecular weight is 761 g/mol. The van der Waals surface area contributed by atoms with Crippen LogP contribution in [0.2, 0.25) is 0 Å². The number of hydrogen-bond donors (Lipinski definition) is 0. The van der Waals surface area contributed by atoms with Crippen LogP contribution in [-0.4, -0.2) is 84.5 Å². The fourth-order valence-corrected chi connectivity index (χ4v) is 24.4. The van der Waals surface area contributed by atoms with E-state index in [1.54, 1.807) is 76.2 Å². The molecule has 4 aromatic carbocycles. The minimum absolute atomic E-state index is 0.230. The summed E-state index contributed by atoms with van der Waals surface area (Å²) in [5, 5.41) is 0. The van der Waals surface area contributed by atoms with Crippen molar-refractivity contribution in [1.82, 2.24) is 15.9 Å². The van der Waals surface area contributed by atoms with E-state index in [0.29, 0.717) is 0 Å². The predicted molar refractivity (Wildman–Crippen MR) is 186 cm³/mol. The van der Waals surface area contributed by atoms with E-state index >= 15 is 0 Å². The van der Waals surface area contributed by atoms with Crippen LogP contribution in [0.5, 0.6) is 0 Å². The van der Waals surface area contributed by atoms with Gasteiger partial charge in [-0.05, 0) is 76.2 Å². The van der Waals surface area contributed by atoms with Gasteiger partial charge in [0, 0.05) is 26.2 Å². The first-order valence-corrected chi connectivity index (χ1v) is 22.9. The van der Waals surface area contributed by atoms with Gasteiger partial charge < -0.3 is 0 Å². The summed E-state index contributed by atoms with van der Waals surface area (Å²) in [5.41, 5.74) is 3.01. The van der Waals surface area contributed by atoms with E-state index in [4.69, 9.17) is 0 Å². The van der Waals surface area contributed by atoms with Gasteiger partial charge in [0.1, 0.15) is 0 Å². The number of nitrogens with zero attached hydrogens (tertiary/aromatic N) is 4. The summed E-state index contributed by atoms with van der Waals surface area (Å²) in [4.78, 5) is -0.919. The highest BCUT2D eigenvalue weighted by atomic mass is 32.2. The molecule has 17 heteroatoms. The Morgan fingerprint density at radius 2 is 0.510 bits per heavy atom. The lowest BCUT2D eigenvalue weighted by atomic mass is 10.2. The highest BCUT2D eigenvalue weighted by molar-refractivity contribution is 7.96. The second-order valence-electron chi connectivity index (χ2n) is 12.2. The third kappa shape index (κ3) is 5.80. The Bertz CT molecular complexity index is 2000. The van der Waals surface area contributed by atoms with Crippen molar-refractivity contribution in [2.24, 2.45) is 0 Å². The predicted octanol–water partition coefficient (Wildman–Crippen LogP) is 3.45. The van der Waals surface area contributed by atoms with E-state index in [2.05, 4.69) is 0 Å². The molecule has 6 rings (SSSR count). The van der Waals surface area contributed by atoms with Crippen molar-refractivity contribution in [3.05, 3.63) is 119 Å². The Labute approximate surface area is 289 Å². The molecule has 0 unspecified atom stereocenters. The quantitative estimate of drug-likeness (QED) is 0.248.